The molecule has 2 heterocycles. The molecule has 0 aliphatic rings. The normalized spacial score (nSPS) is 11.4. The van der Waals surface area contributed by atoms with Crippen molar-refractivity contribution in [3.8, 4) is 0 Å². The molecule has 0 fully saturated rings. The van der Waals surface area contributed by atoms with Gasteiger partial charge < -0.3 is 4.42 Å². The van der Waals surface area contributed by atoms with E-state index in [2.05, 4.69) is 5.10 Å². The van der Waals surface area contributed by atoms with Crippen molar-refractivity contribution in [2.45, 2.75) is 0 Å². The molecular formula is C15H12N2O2. The fourth-order valence-corrected chi connectivity index (χ4v) is 1.88. The number of aromatic nitrogens is 2. The summed E-state index contributed by atoms with van der Waals surface area (Å²) in [5, 5.41) is 4.96. The second-order valence-electron chi connectivity index (χ2n) is 4.29. The Labute approximate surface area is 110 Å². The molecule has 0 unspecified atom stereocenters. The molecule has 2 aromatic heterocycles. The number of carbonyl (C=O) groups excluding carboxylic acids is 1. The van der Waals surface area contributed by atoms with Crippen LogP contribution in [0.4, 0.5) is 0 Å². The van der Waals surface area contributed by atoms with E-state index in [1.807, 2.05) is 37.5 Å². The smallest absolute Gasteiger partial charge is 0.221 e. The first-order chi connectivity index (χ1) is 9.22. The Hall–Kier alpha value is -2.62. The van der Waals surface area contributed by atoms with Gasteiger partial charge in [0.05, 0.1) is 6.20 Å². The Kier molecular flexibility index (Phi) is 2.76. The van der Waals surface area contributed by atoms with E-state index in [1.54, 1.807) is 23.0 Å². The van der Waals surface area contributed by atoms with Gasteiger partial charge in [0.1, 0.15) is 5.58 Å². The number of para-hydroxylation sites is 1. The number of ketones is 1. The predicted molar refractivity (Wildman–Crippen MR) is 72.8 cm³/mol. The zero-order valence-corrected chi connectivity index (χ0v) is 10.4. The number of hydrogen-bond donors (Lipinski definition) is 0. The van der Waals surface area contributed by atoms with E-state index in [0.29, 0.717) is 5.76 Å². The van der Waals surface area contributed by atoms with Crippen molar-refractivity contribution >= 4 is 22.8 Å². The maximum atomic E-state index is 12.0. The molecule has 4 heteroatoms. The number of rotatable bonds is 3. The number of furan rings is 1. The van der Waals surface area contributed by atoms with Gasteiger partial charge in [-0.2, -0.15) is 5.10 Å². The lowest BCUT2D eigenvalue weighted by molar-refractivity contribution is 0.102. The van der Waals surface area contributed by atoms with E-state index in [4.69, 9.17) is 4.42 Å². The van der Waals surface area contributed by atoms with Crippen LogP contribution in [0.3, 0.4) is 0 Å². The highest BCUT2D eigenvalue weighted by Gasteiger charge is 2.08. The zero-order valence-electron chi connectivity index (χ0n) is 10.4. The third-order valence-electron chi connectivity index (χ3n) is 2.82. The molecule has 0 saturated heterocycles. The summed E-state index contributed by atoms with van der Waals surface area (Å²) < 4.78 is 7.19. The van der Waals surface area contributed by atoms with Crippen LogP contribution in [0.25, 0.3) is 17.0 Å². The highest BCUT2D eigenvalue weighted by molar-refractivity contribution is 6.06. The molecule has 1 aromatic carbocycles. The van der Waals surface area contributed by atoms with Gasteiger partial charge >= 0.3 is 0 Å². The van der Waals surface area contributed by atoms with Crippen LogP contribution in [0.5, 0.6) is 0 Å². The minimum absolute atomic E-state index is 0.153. The molecule has 3 rings (SSSR count). The summed E-state index contributed by atoms with van der Waals surface area (Å²) in [6.45, 7) is 0. The lowest BCUT2D eigenvalue weighted by atomic mass is 10.2. The van der Waals surface area contributed by atoms with E-state index < -0.39 is 0 Å². The molecule has 19 heavy (non-hydrogen) atoms. The first-order valence-electron chi connectivity index (χ1n) is 5.92. The molecule has 4 nitrogen and oxygen atoms in total. The standard InChI is InChI=1S/C15H12N2O2/c1-17-10-11(9-16-17)6-7-13(18)15-8-12-4-2-3-5-14(12)19-15/h2-10H,1H3/b7-6+. The molecule has 0 bridgehead atoms. The summed E-state index contributed by atoms with van der Waals surface area (Å²) in [6.07, 6.45) is 6.75. The molecule has 0 aliphatic heterocycles. The number of fused-ring (bicyclic) bond motifs is 1. The third kappa shape index (κ3) is 2.33. The quantitative estimate of drug-likeness (QED) is 0.531. The van der Waals surface area contributed by atoms with E-state index in [9.17, 15) is 4.79 Å². The maximum Gasteiger partial charge on any atom is 0.221 e. The van der Waals surface area contributed by atoms with E-state index in [1.165, 1.54) is 6.08 Å². The van der Waals surface area contributed by atoms with Gasteiger partial charge in [-0.1, -0.05) is 18.2 Å². The second-order valence-corrected chi connectivity index (χ2v) is 4.29. The van der Waals surface area contributed by atoms with Gasteiger partial charge in [0.2, 0.25) is 5.78 Å². The van der Waals surface area contributed by atoms with E-state index in [0.717, 1.165) is 16.5 Å². The number of carbonyl (C=O) groups is 1. The fourth-order valence-electron chi connectivity index (χ4n) is 1.88. The third-order valence-corrected chi connectivity index (χ3v) is 2.82. The zero-order chi connectivity index (χ0) is 13.2. The Morgan fingerprint density at radius 1 is 1.37 bits per heavy atom. The minimum atomic E-state index is -0.153. The molecular weight excluding hydrogens is 240 g/mol. The molecule has 0 amide bonds. The second kappa shape index (κ2) is 4.57. The largest absolute Gasteiger partial charge is 0.453 e. The van der Waals surface area contributed by atoms with Gasteiger partial charge in [-0.05, 0) is 24.3 Å². The summed E-state index contributed by atoms with van der Waals surface area (Å²) in [5.41, 5.74) is 1.60. The number of benzene rings is 1. The van der Waals surface area contributed by atoms with Crippen LogP contribution in [0.2, 0.25) is 0 Å². The summed E-state index contributed by atoms with van der Waals surface area (Å²) in [6, 6.07) is 9.31. The fraction of sp³-hybridized carbons (Fsp3) is 0.0667. The van der Waals surface area contributed by atoms with Gasteiger partial charge in [0, 0.05) is 24.2 Å². The van der Waals surface area contributed by atoms with Crippen LogP contribution in [0.1, 0.15) is 16.1 Å². The van der Waals surface area contributed by atoms with Crippen LogP contribution >= 0.6 is 0 Å². The van der Waals surface area contributed by atoms with E-state index >= 15 is 0 Å². The van der Waals surface area contributed by atoms with Gasteiger partial charge in [0.25, 0.3) is 0 Å². The average molecular weight is 252 g/mol. The number of hydrogen-bond acceptors (Lipinski definition) is 3. The van der Waals surface area contributed by atoms with Crippen molar-refractivity contribution in [1.29, 1.82) is 0 Å². The van der Waals surface area contributed by atoms with Crippen molar-refractivity contribution in [1.82, 2.24) is 9.78 Å². The first-order valence-corrected chi connectivity index (χ1v) is 5.92. The number of aryl methyl sites for hydroxylation is 1. The minimum Gasteiger partial charge on any atom is -0.453 e. The Morgan fingerprint density at radius 3 is 2.95 bits per heavy atom. The number of allylic oxidation sites excluding steroid dienone is 1. The summed E-state index contributed by atoms with van der Waals surface area (Å²) in [5.74, 6) is 0.196. The lowest BCUT2D eigenvalue weighted by Crippen LogP contribution is -1.90. The van der Waals surface area contributed by atoms with E-state index in [-0.39, 0.29) is 5.78 Å². The highest BCUT2D eigenvalue weighted by atomic mass is 16.3. The average Bonchev–Trinajstić information content (AvgIpc) is 3.01. The van der Waals surface area contributed by atoms with Crippen molar-refractivity contribution in [2.75, 3.05) is 0 Å². The molecule has 3 aromatic rings. The predicted octanol–water partition coefficient (Wildman–Crippen LogP) is 3.06. The number of nitrogens with zero attached hydrogens (tertiary/aromatic N) is 2. The highest BCUT2D eigenvalue weighted by Crippen LogP contribution is 2.19. The molecule has 0 atom stereocenters. The Morgan fingerprint density at radius 2 is 2.21 bits per heavy atom. The van der Waals surface area contributed by atoms with Gasteiger partial charge in [-0.15, -0.1) is 0 Å². The van der Waals surface area contributed by atoms with Crippen LogP contribution in [0, 0.1) is 0 Å². The summed E-state index contributed by atoms with van der Waals surface area (Å²) in [7, 11) is 1.83. The first kappa shape index (κ1) is 11.5. The molecule has 0 aliphatic carbocycles. The van der Waals surface area contributed by atoms with Crippen molar-refractivity contribution < 1.29 is 9.21 Å². The van der Waals surface area contributed by atoms with Crippen molar-refractivity contribution in [3.05, 3.63) is 60.1 Å². The van der Waals surface area contributed by atoms with Crippen molar-refractivity contribution in [3.63, 3.8) is 0 Å². The molecule has 94 valence electrons. The summed E-state index contributed by atoms with van der Waals surface area (Å²) >= 11 is 0. The van der Waals surface area contributed by atoms with Crippen LogP contribution in [-0.2, 0) is 7.05 Å². The SMILES string of the molecule is Cn1cc(/C=C/C(=O)c2cc3ccccc3o2)cn1. The van der Waals surface area contributed by atoms with Gasteiger partial charge in [0.15, 0.2) is 5.76 Å². The van der Waals surface area contributed by atoms with Crippen LogP contribution in [-0.4, -0.2) is 15.6 Å². The van der Waals surface area contributed by atoms with Gasteiger partial charge in [-0.3, -0.25) is 9.48 Å². The molecule has 0 radical (unpaired) electrons. The molecule has 0 N–H and O–H groups in total. The monoisotopic (exact) mass is 252 g/mol. The Balaban J connectivity index is 1.85. The van der Waals surface area contributed by atoms with Crippen LogP contribution in [0.15, 0.2) is 53.2 Å². The van der Waals surface area contributed by atoms with Gasteiger partial charge in [-0.25, -0.2) is 0 Å². The maximum absolute atomic E-state index is 12.0. The topological polar surface area (TPSA) is 48.0 Å². The van der Waals surface area contributed by atoms with Crippen LogP contribution < -0.4 is 0 Å². The van der Waals surface area contributed by atoms with Crippen molar-refractivity contribution in [2.24, 2.45) is 7.05 Å². The molecule has 0 saturated carbocycles. The Bertz CT molecular complexity index is 732. The molecule has 0 spiro atoms. The lowest BCUT2D eigenvalue weighted by Gasteiger charge is -1.87. The summed E-state index contributed by atoms with van der Waals surface area (Å²) in [4.78, 5) is 12.0.